The molecular weight excluding hydrogens is 212 g/mol. The summed E-state index contributed by atoms with van der Waals surface area (Å²) in [6.45, 7) is 0. The summed E-state index contributed by atoms with van der Waals surface area (Å²) in [5.74, 6) is 0.177. The molecule has 0 spiro atoms. The van der Waals surface area contributed by atoms with Crippen LogP contribution in [0.5, 0.6) is 5.75 Å². The Morgan fingerprint density at radius 2 is 1.88 bits per heavy atom. The van der Waals surface area contributed by atoms with E-state index in [1.54, 1.807) is 12.3 Å². The summed E-state index contributed by atoms with van der Waals surface area (Å²) >= 11 is 0. The highest BCUT2D eigenvalue weighted by molar-refractivity contribution is 5.95. The molecule has 0 amide bonds. The van der Waals surface area contributed by atoms with Crippen molar-refractivity contribution in [1.29, 1.82) is 0 Å². The number of aromatic hydroxyl groups is 1. The SMILES string of the molecule is Oc1ccc(-c2cccc3cnccc23)nc1. The summed E-state index contributed by atoms with van der Waals surface area (Å²) in [6, 6.07) is 11.4. The van der Waals surface area contributed by atoms with E-state index >= 15 is 0 Å². The predicted molar refractivity (Wildman–Crippen MR) is 66.6 cm³/mol. The van der Waals surface area contributed by atoms with E-state index in [9.17, 15) is 5.11 Å². The minimum Gasteiger partial charge on any atom is -0.506 e. The second-order valence-electron chi connectivity index (χ2n) is 3.80. The number of fused-ring (bicyclic) bond motifs is 1. The monoisotopic (exact) mass is 222 g/mol. The van der Waals surface area contributed by atoms with Gasteiger partial charge in [-0.25, -0.2) is 0 Å². The lowest BCUT2D eigenvalue weighted by Crippen LogP contribution is -1.85. The van der Waals surface area contributed by atoms with Crippen LogP contribution >= 0.6 is 0 Å². The fourth-order valence-corrected chi connectivity index (χ4v) is 1.89. The molecule has 17 heavy (non-hydrogen) atoms. The van der Waals surface area contributed by atoms with Crippen molar-refractivity contribution in [2.75, 3.05) is 0 Å². The molecular formula is C14H10N2O. The molecule has 0 saturated carbocycles. The number of rotatable bonds is 1. The van der Waals surface area contributed by atoms with Gasteiger partial charge in [-0.2, -0.15) is 0 Å². The highest BCUT2D eigenvalue weighted by Crippen LogP contribution is 2.27. The summed E-state index contributed by atoms with van der Waals surface area (Å²) < 4.78 is 0. The van der Waals surface area contributed by atoms with Crippen molar-refractivity contribution in [3.63, 3.8) is 0 Å². The molecule has 0 fully saturated rings. The maximum atomic E-state index is 9.24. The minimum atomic E-state index is 0.177. The van der Waals surface area contributed by atoms with Gasteiger partial charge in [0.05, 0.1) is 11.9 Å². The average Bonchev–Trinajstić information content (AvgIpc) is 2.39. The molecule has 3 nitrogen and oxygen atoms in total. The molecule has 3 rings (SSSR count). The number of benzene rings is 1. The van der Waals surface area contributed by atoms with E-state index < -0.39 is 0 Å². The number of hydrogen-bond acceptors (Lipinski definition) is 3. The van der Waals surface area contributed by atoms with Gasteiger partial charge in [-0.3, -0.25) is 9.97 Å². The lowest BCUT2D eigenvalue weighted by Gasteiger charge is -2.05. The van der Waals surface area contributed by atoms with Gasteiger partial charge in [0.15, 0.2) is 0 Å². The van der Waals surface area contributed by atoms with Crippen LogP contribution in [-0.2, 0) is 0 Å². The van der Waals surface area contributed by atoms with E-state index in [0.29, 0.717) is 0 Å². The zero-order valence-corrected chi connectivity index (χ0v) is 9.04. The molecule has 0 aliphatic rings. The molecule has 0 atom stereocenters. The van der Waals surface area contributed by atoms with Crippen LogP contribution in [0.15, 0.2) is 55.0 Å². The van der Waals surface area contributed by atoms with Crippen LogP contribution in [0.25, 0.3) is 22.0 Å². The number of nitrogens with zero attached hydrogens (tertiary/aromatic N) is 2. The van der Waals surface area contributed by atoms with Crippen molar-refractivity contribution >= 4 is 10.8 Å². The Kier molecular flexibility index (Phi) is 2.22. The molecule has 0 bridgehead atoms. The maximum absolute atomic E-state index is 9.24. The summed E-state index contributed by atoms with van der Waals surface area (Å²) in [4.78, 5) is 8.33. The van der Waals surface area contributed by atoms with Crippen molar-refractivity contribution < 1.29 is 5.11 Å². The third kappa shape index (κ3) is 1.72. The summed E-state index contributed by atoms with van der Waals surface area (Å²) in [7, 11) is 0. The molecule has 0 unspecified atom stereocenters. The highest BCUT2D eigenvalue weighted by Gasteiger charge is 2.04. The summed E-state index contributed by atoms with van der Waals surface area (Å²) in [5, 5.41) is 11.4. The Bertz CT molecular complexity index is 657. The molecule has 0 saturated heterocycles. The lowest BCUT2D eigenvalue weighted by atomic mass is 10.0. The van der Waals surface area contributed by atoms with Crippen molar-refractivity contribution in [3.05, 3.63) is 55.0 Å². The lowest BCUT2D eigenvalue weighted by molar-refractivity contribution is 0.473. The van der Waals surface area contributed by atoms with Gasteiger partial charge in [0, 0.05) is 23.3 Å². The Hall–Kier alpha value is -2.42. The number of aromatic nitrogens is 2. The minimum absolute atomic E-state index is 0.177. The second kappa shape index (κ2) is 3.87. The molecule has 3 heteroatoms. The molecule has 2 aromatic heterocycles. The third-order valence-corrected chi connectivity index (χ3v) is 2.70. The maximum Gasteiger partial charge on any atom is 0.133 e. The predicted octanol–water partition coefficient (Wildman–Crippen LogP) is 3.00. The van der Waals surface area contributed by atoms with E-state index in [-0.39, 0.29) is 5.75 Å². The zero-order valence-electron chi connectivity index (χ0n) is 9.04. The van der Waals surface area contributed by atoms with Crippen LogP contribution in [-0.4, -0.2) is 15.1 Å². The first kappa shape index (κ1) is 9.78. The quantitative estimate of drug-likeness (QED) is 0.688. The standard InChI is InChI=1S/C14H10N2O/c17-11-4-5-14(16-9-11)13-3-1-2-10-8-15-7-6-12(10)13/h1-9,17H. The van der Waals surface area contributed by atoms with Gasteiger partial charge in [0.1, 0.15) is 5.75 Å². The zero-order chi connectivity index (χ0) is 11.7. The van der Waals surface area contributed by atoms with Gasteiger partial charge < -0.3 is 5.11 Å². The van der Waals surface area contributed by atoms with Gasteiger partial charge in [-0.05, 0) is 23.6 Å². The van der Waals surface area contributed by atoms with Gasteiger partial charge in [-0.15, -0.1) is 0 Å². The van der Waals surface area contributed by atoms with Crippen LogP contribution in [0.3, 0.4) is 0 Å². The molecule has 2 heterocycles. The molecule has 1 N–H and O–H groups in total. The Morgan fingerprint density at radius 1 is 0.941 bits per heavy atom. The largest absolute Gasteiger partial charge is 0.506 e. The van der Waals surface area contributed by atoms with Crippen LogP contribution < -0.4 is 0 Å². The topological polar surface area (TPSA) is 46.0 Å². The van der Waals surface area contributed by atoms with E-state index in [1.165, 1.54) is 6.20 Å². The van der Waals surface area contributed by atoms with E-state index in [0.717, 1.165) is 22.0 Å². The number of hydrogen-bond donors (Lipinski definition) is 1. The summed E-state index contributed by atoms with van der Waals surface area (Å²) in [5.41, 5.74) is 1.89. The van der Waals surface area contributed by atoms with Crippen LogP contribution in [0.2, 0.25) is 0 Å². The fourth-order valence-electron chi connectivity index (χ4n) is 1.89. The van der Waals surface area contributed by atoms with Gasteiger partial charge in [0.25, 0.3) is 0 Å². The number of pyridine rings is 2. The fraction of sp³-hybridized carbons (Fsp3) is 0. The third-order valence-electron chi connectivity index (χ3n) is 2.70. The van der Waals surface area contributed by atoms with Crippen molar-refractivity contribution in [1.82, 2.24) is 9.97 Å². The van der Waals surface area contributed by atoms with E-state index in [2.05, 4.69) is 9.97 Å². The molecule has 0 aliphatic carbocycles. The summed E-state index contributed by atoms with van der Waals surface area (Å²) in [6.07, 6.45) is 5.06. The Morgan fingerprint density at radius 3 is 2.71 bits per heavy atom. The molecule has 0 aliphatic heterocycles. The van der Waals surface area contributed by atoms with Crippen LogP contribution in [0, 0.1) is 0 Å². The van der Waals surface area contributed by atoms with Crippen LogP contribution in [0.4, 0.5) is 0 Å². The van der Waals surface area contributed by atoms with Gasteiger partial charge in [-0.1, -0.05) is 18.2 Å². The average molecular weight is 222 g/mol. The molecule has 0 radical (unpaired) electrons. The van der Waals surface area contributed by atoms with Crippen LogP contribution in [0.1, 0.15) is 0 Å². The Labute approximate surface area is 98.4 Å². The first-order valence-corrected chi connectivity index (χ1v) is 5.33. The normalized spacial score (nSPS) is 10.6. The second-order valence-corrected chi connectivity index (χ2v) is 3.80. The van der Waals surface area contributed by atoms with E-state index in [4.69, 9.17) is 0 Å². The van der Waals surface area contributed by atoms with Gasteiger partial charge in [0.2, 0.25) is 0 Å². The van der Waals surface area contributed by atoms with Gasteiger partial charge >= 0.3 is 0 Å². The highest BCUT2D eigenvalue weighted by atomic mass is 16.3. The van der Waals surface area contributed by atoms with Crippen molar-refractivity contribution in [3.8, 4) is 17.0 Å². The molecule has 3 aromatic rings. The molecule has 82 valence electrons. The first-order chi connectivity index (χ1) is 8.34. The molecule has 1 aromatic carbocycles. The van der Waals surface area contributed by atoms with E-state index in [1.807, 2.05) is 36.5 Å². The van der Waals surface area contributed by atoms with Crippen molar-refractivity contribution in [2.24, 2.45) is 0 Å². The Balaban J connectivity index is 2.27. The smallest absolute Gasteiger partial charge is 0.133 e. The first-order valence-electron chi connectivity index (χ1n) is 5.33. The van der Waals surface area contributed by atoms with Crippen molar-refractivity contribution in [2.45, 2.75) is 0 Å².